The summed E-state index contributed by atoms with van der Waals surface area (Å²) in [4.78, 5) is 0. The van der Waals surface area contributed by atoms with E-state index in [0.717, 1.165) is 5.69 Å². The molecule has 11 rings (SSSR count). The van der Waals surface area contributed by atoms with E-state index in [2.05, 4.69) is 205 Å². The maximum atomic E-state index is 2.45. The fourth-order valence-corrected chi connectivity index (χ4v) is 9.17. The summed E-state index contributed by atoms with van der Waals surface area (Å²) in [5, 5.41) is 5.04. The van der Waals surface area contributed by atoms with Crippen LogP contribution in [0.25, 0.3) is 88.4 Å². The summed E-state index contributed by atoms with van der Waals surface area (Å²) in [6, 6.07) is 67.2. The third-order valence-corrected chi connectivity index (χ3v) is 11.7. The van der Waals surface area contributed by atoms with Crippen LogP contribution in [-0.4, -0.2) is 9.13 Å². The van der Waals surface area contributed by atoms with Gasteiger partial charge in [-0.15, -0.1) is 0 Å². The highest BCUT2D eigenvalue weighted by molar-refractivity contribution is 6.11. The van der Waals surface area contributed by atoms with E-state index >= 15 is 0 Å². The summed E-state index contributed by atoms with van der Waals surface area (Å²) in [5.41, 5.74) is 17.4. The van der Waals surface area contributed by atoms with E-state index in [0.29, 0.717) is 0 Å². The zero-order valence-electron chi connectivity index (χ0n) is 29.7. The number of aromatic nitrogens is 2. The van der Waals surface area contributed by atoms with Gasteiger partial charge in [-0.2, -0.15) is 0 Å². The molecule has 1 aliphatic carbocycles. The van der Waals surface area contributed by atoms with Gasteiger partial charge >= 0.3 is 0 Å². The lowest BCUT2D eigenvalue weighted by Crippen LogP contribution is -2.14. The Hall–Kier alpha value is -6.64. The van der Waals surface area contributed by atoms with Gasteiger partial charge in [-0.3, -0.25) is 0 Å². The minimum absolute atomic E-state index is 0.0762. The molecule has 2 aromatic heterocycles. The first kappa shape index (κ1) is 30.0. The van der Waals surface area contributed by atoms with Crippen molar-refractivity contribution in [1.29, 1.82) is 0 Å². The highest BCUT2D eigenvalue weighted by Crippen LogP contribution is 2.50. The lowest BCUT2D eigenvalue weighted by atomic mass is 9.81. The zero-order valence-corrected chi connectivity index (χ0v) is 29.7. The Balaban J connectivity index is 1.17. The van der Waals surface area contributed by atoms with Crippen LogP contribution < -0.4 is 0 Å². The smallest absolute Gasteiger partial charge is 0.0541 e. The van der Waals surface area contributed by atoms with Crippen molar-refractivity contribution in [1.82, 2.24) is 9.13 Å². The van der Waals surface area contributed by atoms with Crippen molar-refractivity contribution in [2.75, 3.05) is 0 Å². The van der Waals surface area contributed by atoms with Crippen molar-refractivity contribution in [3.8, 4) is 44.8 Å². The van der Waals surface area contributed by atoms with E-state index in [1.807, 2.05) is 0 Å². The Kier molecular flexibility index (Phi) is 6.33. The van der Waals surface area contributed by atoms with Gasteiger partial charge < -0.3 is 9.13 Å². The summed E-state index contributed by atoms with van der Waals surface area (Å²) < 4.78 is 4.84. The van der Waals surface area contributed by atoms with Crippen LogP contribution in [0.1, 0.15) is 25.0 Å². The van der Waals surface area contributed by atoms with Gasteiger partial charge in [0.2, 0.25) is 0 Å². The predicted molar refractivity (Wildman–Crippen MR) is 224 cm³/mol. The molecule has 2 nitrogen and oxygen atoms in total. The summed E-state index contributed by atoms with van der Waals surface area (Å²) >= 11 is 0. The van der Waals surface area contributed by atoms with Crippen molar-refractivity contribution < 1.29 is 0 Å². The first-order chi connectivity index (χ1) is 26.0. The summed E-state index contributed by atoms with van der Waals surface area (Å²) in [6.07, 6.45) is 0. The Bertz CT molecular complexity index is 3030. The molecule has 10 aromatic rings. The molecule has 0 amide bonds. The minimum Gasteiger partial charge on any atom is -0.309 e. The molecule has 0 fully saturated rings. The van der Waals surface area contributed by atoms with E-state index in [9.17, 15) is 0 Å². The third-order valence-electron chi connectivity index (χ3n) is 11.7. The summed E-state index contributed by atoms with van der Waals surface area (Å²) in [7, 11) is 0. The number of para-hydroxylation sites is 4. The first-order valence-electron chi connectivity index (χ1n) is 18.5. The van der Waals surface area contributed by atoms with E-state index in [1.165, 1.54) is 93.8 Å². The molecule has 1 aliphatic rings. The molecular weight excluding hydrogens is 641 g/mol. The van der Waals surface area contributed by atoms with Gasteiger partial charge in [-0.25, -0.2) is 0 Å². The Morgan fingerprint density at radius 3 is 1.49 bits per heavy atom. The number of benzene rings is 8. The molecule has 8 aromatic carbocycles. The quantitative estimate of drug-likeness (QED) is 0.176. The second kappa shape index (κ2) is 11.2. The molecule has 0 radical (unpaired) electrons. The molecular formula is C51H36N2. The zero-order chi connectivity index (χ0) is 35.3. The Labute approximate surface area is 308 Å². The van der Waals surface area contributed by atoms with Crippen LogP contribution in [0.2, 0.25) is 0 Å². The molecule has 0 aliphatic heterocycles. The number of nitrogens with zero attached hydrogens (tertiary/aromatic N) is 2. The van der Waals surface area contributed by atoms with Crippen LogP contribution in [0.4, 0.5) is 0 Å². The summed E-state index contributed by atoms with van der Waals surface area (Å²) in [6.45, 7) is 4.73. The van der Waals surface area contributed by atoms with Gasteiger partial charge in [0.25, 0.3) is 0 Å². The average molecular weight is 677 g/mol. The molecule has 2 heterocycles. The van der Waals surface area contributed by atoms with Crippen molar-refractivity contribution in [2.45, 2.75) is 19.3 Å². The van der Waals surface area contributed by atoms with E-state index in [-0.39, 0.29) is 5.41 Å². The fraction of sp³-hybridized carbons (Fsp3) is 0.0588. The number of hydrogen-bond acceptors (Lipinski definition) is 0. The Morgan fingerprint density at radius 2 is 0.811 bits per heavy atom. The van der Waals surface area contributed by atoms with Crippen molar-refractivity contribution in [3.63, 3.8) is 0 Å². The molecule has 0 spiro atoms. The number of fused-ring (bicyclic) bond motifs is 9. The lowest BCUT2D eigenvalue weighted by Gasteiger charge is -2.22. The van der Waals surface area contributed by atoms with Crippen LogP contribution in [0.15, 0.2) is 182 Å². The van der Waals surface area contributed by atoms with Crippen LogP contribution in [0.3, 0.4) is 0 Å². The standard InChI is InChI=1S/C51H36N2/c1-51(2)45-20-10-6-16-39(45)40-26-24-34(32-46(40)51)36-28-35(29-38(30-36)53-47-21-11-7-17-41(47)42-18-8-12-22-48(42)53)33-25-27-50-44(31-33)43-19-9-13-23-49(43)52(50)37-14-4-3-5-15-37/h3-32H,1-2H3. The maximum absolute atomic E-state index is 2.45. The van der Waals surface area contributed by atoms with Crippen molar-refractivity contribution in [3.05, 3.63) is 193 Å². The fourth-order valence-electron chi connectivity index (χ4n) is 9.17. The molecule has 0 bridgehead atoms. The highest BCUT2D eigenvalue weighted by atomic mass is 15.0. The monoisotopic (exact) mass is 676 g/mol. The van der Waals surface area contributed by atoms with Crippen molar-refractivity contribution in [2.24, 2.45) is 0 Å². The lowest BCUT2D eigenvalue weighted by molar-refractivity contribution is 0.660. The molecule has 0 saturated heterocycles. The topological polar surface area (TPSA) is 9.86 Å². The second-order valence-corrected chi connectivity index (χ2v) is 15.0. The van der Waals surface area contributed by atoms with Gasteiger partial charge in [-0.05, 0) is 111 Å². The highest BCUT2D eigenvalue weighted by Gasteiger charge is 2.35. The number of rotatable bonds is 4. The van der Waals surface area contributed by atoms with Crippen LogP contribution in [0, 0.1) is 0 Å². The molecule has 0 saturated carbocycles. The van der Waals surface area contributed by atoms with E-state index in [1.54, 1.807) is 0 Å². The van der Waals surface area contributed by atoms with Gasteiger partial charge in [-0.1, -0.05) is 129 Å². The first-order valence-corrected chi connectivity index (χ1v) is 18.5. The molecule has 250 valence electrons. The molecule has 0 unspecified atom stereocenters. The number of hydrogen-bond donors (Lipinski definition) is 0. The maximum Gasteiger partial charge on any atom is 0.0541 e. The van der Waals surface area contributed by atoms with Crippen molar-refractivity contribution >= 4 is 43.6 Å². The van der Waals surface area contributed by atoms with Crippen LogP contribution >= 0.6 is 0 Å². The molecule has 0 N–H and O–H groups in total. The van der Waals surface area contributed by atoms with Crippen LogP contribution in [0.5, 0.6) is 0 Å². The van der Waals surface area contributed by atoms with Gasteiger partial charge in [0.05, 0.1) is 22.1 Å². The summed E-state index contributed by atoms with van der Waals surface area (Å²) in [5.74, 6) is 0. The second-order valence-electron chi connectivity index (χ2n) is 15.0. The largest absolute Gasteiger partial charge is 0.309 e. The van der Waals surface area contributed by atoms with Gasteiger partial charge in [0, 0.05) is 38.3 Å². The van der Waals surface area contributed by atoms with E-state index < -0.39 is 0 Å². The van der Waals surface area contributed by atoms with Gasteiger partial charge in [0.1, 0.15) is 0 Å². The molecule has 0 atom stereocenters. The van der Waals surface area contributed by atoms with E-state index in [4.69, 9.17) is 0 Å². The van der Waals surface area contributed by atoms with Crippen LogP contribution in [-0.2, 0) is 5.41 Å². The SMILES string of the molecule is CC1(C)c2ccccc2-c2ccc(-c3cc(-c4ccc5c(c4)c4ccccc4n5-c4ccccc4)cc(-n4c5ccccc5c5ccccc54)c3)cc21. The predicted octanol–water partition coefficient (Wildman–Crippen LogP) is 13.5. The third kappa shape index (κ3) is 4.39. The van der Waals surface area contributed by atoms with Gasteiger partial charge in [0.15, 0.2) is 0 Å². The molecule has 2 heteroatoms. The minimum atomic E-state index is -0.0762. The molecule has 53 heavy (non-hydrogen) atoms. The normalized spacial score (nSPS) is 13.2. The Morgan fingerprint density at radius 1 is 0.321 bits per heavy atom. The average Bonchev–Trinajstić information content (AvgIpc) is 3.81.